The monoisotopic (exact) mass is 255 g/mol. The van der Waals surface area contributed by atoms with E-state index in [0.717, 1.165) is 30.8 Å². The summed E-state index contributed by atoms with van der Waals surface area (Å²) in [6.45, 7) is 3.67. The van der Waals surface area contributed by atoms with Crippen molar-refractivity contribution in [2.75, 3.05) is 19.9 Å². The maximum atomic E-state index is 11.2. The van der Waals surface area contributed by atoms with Crippen LogP contribution in [0.1, 0.15) is 18.9 Å². The Bertz CT molecular complexity index is 368. The van der Waals surface area contributed by atoms with Gasteiger partial charge in [0, 0.05) is 34.4 Å². The molecule has 0 aliphatic rings. The van der Waals surface area contributed by atoms with Crippen LogP contribution in [0.5, 0.6) is 5.75 Å². The first-order valence-corrected chi connectivity index (χ1v) is 7.42. The van der Waals surface area contributed by atoms with Crippen molar-refractivity contribution < 1.29 is 8.95 Å². The van der Waals surface area contributed by atoms with Crippen molar-refractivity contribution in [2.24, 2.45) is 0 Å². The van der Waals surface area contributed by atoms with Gasteiger partial charge in [0.25, 0.3) is 0 Å². The van der Waals surface area contributed by atoms with Crippen LogP contribution in [0, 0.1) is 0 Å². The van der Waals surface area contributed by atoms with Gasteiger partial charge >= 0.3 is 0 Å². The van der Waals surface area contributed by atoms with Gasteiger partial charge in [0.2, 0.25) is 0 Å². The Labute approximate surface area is 106 Å². The number of nitrogens with one attached hydrogen (secondary N) is 1. The van der Waals surface area contributed by atoms with E-state index in [1.165, 1.54) is 0 Å². The van der Waals surface area contributed by atoms with Gasteiger partial charge in [-0.15, -0.1) is 0 Å². The molecule has 1 aromatic carbocycles. The maximum absolute atomic E-state index is 11.2. The Balaban J connectivity index is 2.33. The molecule has 0 amide bonds. The molecule has 0 spiro atoms. The van der Waals surface area contributed by atoms with E-state index in [9.17, 15) is 4.21 Å². The molecule has 0 radical (unpaired) electrons. The lowest BCUT2D eigenvalue weighted by molar-refractivity contribution is 0.407. The summed E-state index contributed by atoms with van der Waals surface area (Å²) in [5, 5.41) is 3.60. The van der Waals surface area contributed by atoms with E-state index in [1.807, 2.05) is 31.2 Å². The van der Waals surface area contributed by atoms with Crippen molar-refractivity contribution in [3.8, 4) is 5.75 Å². The summed E-state index contributed by atoms with van der Waals surface area (Å²) in [5.41, 5.74) is 1.15. The zero-order chi connectivity index (χ0) is 12.7. The molecule has 0 saturated heterocycles. The summed E-state index contributed by atoms with van der Waals surface area (Å²) in [6, 6.07) is 7.97. The minimum atomic E-state index is -0.729. The van der Waals surface area contributed by atoms with E-state index in [-0.39, 0.29) is 5.25 Å². The second kappa shape index (κ2) is 7.45. The quantitative estimate of drug-likeness (QED) is 0.757. The van der Waals surface area contributed by atoms with Gasteiger partial charge in [-0.3, -0.25) is 4.21 Å². The number of para-hydroxylation sites is 1. The number of methoxy groups -OCH3 is 1. The Morgan fingerprint density at radius 1 is 1.41 bits per heavy atom. The fraction of sp³-hybridized carbons (Fsp3) is 0.538. The Morgan fingerprint density at radius 2 is 2.12 bits per heavy atom. The molecule has 4 heteroatoms. The van der Waals surface area contributed by atoms with Gasteiger partial charge in [0.05, 0.1) is 7.11 Å². The van der Waals surface area contributed by atoms with Crippen molar-refractivity contribution >= 4 is 10.8 Å². The topological polar surface area (TPSA) is 38.3 Å². The van der Waals surface area contributed by atoms with Crippen LogP contribution >= 0.6 is 0 Å². The second-order valence-corrected chi connectivity index (χ2v) is 5.89. The minimum Gasteiger partial charge on any atom is -0.496 e. The van der Waals surface area contributed by atoms with E-state index < -0.39 is 10.8 Å². The van der Waals surface area contributed by atoms with Crippen LogP contribution in [-0.4, -0.2) is 29.4 Å². The standard InChI is InChI=1S/C13H21NO2S/c1-11(17(3)15)8-9-14-10-12-6-4-5-7-13(12)16-2/h4-7,11,14H,8-10H2,1-3H3. The summed E-state index contributed by atoms with van der Waals surface area (Å²) in [6.07, 6.45) is 2.68. The molecule has 0 aromatic heterocycles. The van der Waals surface area contributed by atoms with Crippen molar-refractivity contribution in [1.29, 1.82) is 0 Å². The Morgan fingerprint density at radius 3 is 2.76 bits per heavy atom. The molecule has 3 nitrogen and oxygen atoms in total. The summed E-state index contributed by atoms with van der Waals surface area (Å²) >= 11 is 0. The van der Waals surface area contributed by atoms with Crippen molar-refractivity contribution in [3.05, 3.63) is 29.8 Å². The summed E-state index contributed by atoms with van der Waals surface area (Å²) in [4.78, 5) is 0. The van der Waals surface area contributed by atoms with Crippen molar-refractivity contribution in [2.45, 2.75) is 25.1 Å². The van der Waals surface area contributed by atoms with E-state index in [2.05, 4.69) is 5.32 Å². The normalized spacial score (nSPS) is 14.3. The Kier molecular flexibility index (Phi) is 6.22. The average Bonchev–Trinajstić information content (AvgIpc) is 2.34. The van der Waals surface area contributed by atoms with E-state index in [0.29, 0.717) is 0 Å². The first kappa shape index (κ1) is 14.2. The van der Waals surface area contributed by atoms with Crippen molar-refractivity contribution in [3.63, 3.8) is 0 Å². The molecule has 0 aliphatic heterocycles. The van der Waals surface area contributed by atoms with E-state index in [4.69, 9.17) is 4.74 Å². The third kappa shape index (κ3) is 4.88. The first-order valence-electron chi connectivity index (χ1n) is 5.80. The summed E-state index contributed by atoms with van der Waals surface area (Å²) < 4.78 is 16.4. The molecular weight excluding hydrogens is 234 g/mol. The molecule has 1 aromatic rings. The number of hydrogen-bond acceptors (Lipinski definition) is 3. The number of benzene rings is 1. The third-order valence-corrected chi connectivity index (χ3v) is 4.17. The molecule has 96 valence electrons. The number of hydrogen-bond donors (Lipinski definition) is 1. The van der Waals surface area contributed by atoms with Crippen LogP contribution in [0.15, 0.2) is 24.3 Å². The van der Waals surface area contributed by atoms with Gasteiger partial charge in [-0.1, -0.05) is 25.1 Å². The van der Waals surface area contributed by atoms with Gasteiger partial charge in [-0.05, 0) is 19.0 Å². The van der Waals surface area contributed by atoms with Gasteiger partial charge in [0.15, 0.2) is 0 Å². The molecule has 2 atom stereocenters. The predicted molar refractivity (Wildman–Crippen MR) is 72.8 cm³/mol. The molecule has 0 bridgehead atoms. The summed E-state index contributed by atoms with van der Waals surface area (Å²) in [5.74, 6) is 0.909. The third-order valence-electron chi connectivity index (χ3n) is 2.80. The Hall–Kier alpha value is -0.870. The maximum Gasteiger partial charge on any atom is 0.123 e. The van der Waals surface area contributed by atoms with Crippen LogP contribution in [0.3, 0.4) is 0 Å². The van der Waals surface area contributed by atoms with Crippen LogP contribution in [-0.2, 0) is 17.3 Å². The van der Waals surface area contributed by atoms with Gasteiger partial charge in [-0.25, -0.2) is 0 Å². The molecule has 1 rings (SSSR count). The highest BCUT2D eigenvalue weighted by Gasteiger charge is 2.05. The molecule has 0 aliphatic carbocycles. The largest absolute Gasteiger partial charge is 0.496 e. The van der Waals surface area contributed by atoms with E-state index >= 15 is 0 Å². The average molecular weight is 255 g/mol. The van der Waals surface area contributed by atoms with Gasteiger partial charge in [0.1, 0.15) is 5.75 Å². The fourth-order valence-electron chi connectivity index (χ4n) is 1.54. The van der Waals surface area contributed by atoms with Crippen LogP contribution in [0.4, 0.5) is 0 Å². The van der Waals surface area contributed by atoms with Gasteiger partial charge < -0.3 is 10.1 Å². The smallest absolute Gasteiger partial charge is 0.123 e. The lowest BCUT2D eigenvalue weighted by atomic mass is 10.2. The summed E-state index contributed by atoms with van der Waals surface area (Å²) in [7, 11) is 0.953. The van der Waals surface area contributed by atoms with Crippen LogP contribution in [0.2, 0.25) is 0 Å². The minimum absolute atomic E-state index is 0.250. The molecule has 0 heterocycles. The molecular formula is C13H21NO2S. The highest BCUT2D eigenvalue weighted by atomic mass is 32.2. The molecule has 1 N–H and O–H groups in total. The number of rotatable bonds is 7. The van der Waals surface area contributed by atoms with Crippen molar-refractivity contribution in [1.82, 2.24) is 5.32 Å². The zero-order valence-corrected chi connectivity index (χ0v) is 11.5. The molecule has 17 heavy (non-hydrogen) atoms. The first-order chi connectivity index (χ1) is 8.15. The fourth-order valence-corrected chi connectivity index (χ4v) is 1.99. The zero-order valence-electron chi connectivity index (χ0n) is 10.7. The second-order valence-electron chi connectivity index (χ2n) is 4.09. The molecule has 2 unspecified atom stereocenters. The predicted octanol–water partition coefficient (Wildman–Crippen LogP) is 1.94. The van der Waals surface area contributed by atoms with Crippen LogP contribution < -0.4 is 10.1 Å². The molecule has 0 saturated carbocycles. The lowest BCUT2D eigenvalue weighted by Crippen LogP contribution is -2.21. The lowest BCUT2D eigenvalue weighted by Gasteiger charge is -2.11. The highest BCUT2D eigenvalue weighted by Crippen LogP contribution is 2.16. The van der Waals surface area contributed by atoms with Gasteiger partial charge in [-0.2, -0.15) is 0 Å². The van der Waals surface area contributed by atoms with Crippen LogP contribution in [0.25, 0.3) is 0 Å². The van der Waals surface area contributed by atoms with E-state index in [1.54, 1.807) is 13.4 Å². The molecule has 0 fully saturated rings. The number of ether oxygens (including phenoxy) is 1. The highest BCUT2D eigenvalue weighted by molar-refractivity contribution is 7.84. The SMILES string of the molecule is COc1ccccc1CNCCC(C)S(C)=O.